The van der Waals surface area contributed by atoms with Crippen LogP contribution < -0.4 is 10.6 Å². The highest BCUT2D eigenvalue weighted by Gasteiger charge is 2.26. The minimum Gasteiger partial charge on any atom is -0.337 e. The van der Waals surface area contributed by atoms with Crippen molar-refractivity contribution in [3.8, 4) is 0 Å². The number of amides is 2. The fraction of sp³-hybridized carbons (Fsp3) is 0.933. The third kappa shape index (κ3) is 6.27. The molecule has 2 aliphatic rings. The molecule has 1 atom stereocenters. The number of nitrogens with zero attached hydrogens (tertiary/aromatic N) is 2. The lowest BCUT2D eigenvalue weighted by molar-refractivity contribution is 0.190. The van der Waals surface area contributed by atoms with E-state index >= 15 is 0 Å². The summed E-state index contributed by atoms with van der Waals surface area (Å²) in [6.07, 6.45) is 5.29. The van der Waals surface area contributed by atoms with Crippen LogP contribution in [0.2, 0.25) is 0 Å². The van der Waals surface area contributed by atoms with E-state index in [-0.39, 0.29) is 12.1 Å². The molecule has 0 saturated carbocycles. The van der Waals surface area contributed by atoms with E-state index in [1.54, 1.807) is 0 Å². The zero-order valence-corrected chi connectivity index (χ0v) is 15.1. The fourth-order valence-electron chi connectivity index (χ4n) is 3.21. The van der Waals surface area contributed by atoms with Gasteiger partial charge in [-0.1, -0.05) is 6.92 Å². The summed E-state index contributed by atoms with van der Waals surface area (Å²) in [5.41, 5.74) is 0. The first-order valence-electron chi connectivity index (χ1n) is 8.56. The summed E-state index contributed by atoms with van der Waals surface area (Å²) in [5.74, 6) is 0.812. The Kier molecular flexibility index (Phi) is 6.67. The molecule has 0 bridgehead atoms. The molecule has 2 N–H and O–H groups in total. The van der Waals surface area contributed by atoms with Gasteiger partial charge in [-0.05, 0) is 44.7 Å². The van der Waals surface area contributed by atoms with Gasteiger partial charge in [0.25, 0.3) is 0 Å². The number of likely N-dealkylation sites (tertiary alicyclic amines) is 1. The topological polar surface area (TPSA) is 81.8 Å². The lowest BCUT2D eigenvalue weighted by atomic mass is 9.99. The minimum absolute atomic E-state index is 0.102. The SMILES string of the molecule is CC1CCN(CCNC(=O)NC2CCCN(S(C)(=O)=O)C2)CC1. The average molecular weight is 346 g/mol. The molecule has 2 aliphatic heterocycles. The van der Waals surface area contributed by atoms with Gasteiger partial charge in [0.2, 0.25) is 10.0 Å². The molecular weight excluding hydrogens is 316 g/mol. The minimum atomic E-state index is -3.18. The average Bonchev–Trinajstić information content (AvgIpc) is 2.49. The molecular formula is C15H30N4O3S. The van der Waals surface area contributed by atoms with Gasteiger partial charge >= 0.3 is 6.03 Å². The van der Waals surface area contributed by atoms with Crippen LogP contribution in [0, 0.1) is 5.92 Å². The van der Waals surface area contributed by atoms with Crippen LogP contribution in [-0.2, 0) is 10.0 Å². The van der Waals surface area contributed by atoms with Crippen molar-refractivity contribution >= 4 is 16.1 Å². The maximum Gasteiger partial charge on any atom is 0.315 e. The zero-order chi connectivity index (χ0) is 16.9. The molecule has 2 saturated heterocycles. The van der Waals surface area contributed by atoms with E-state index in [1.807, 2.05) is 0 Å². The first kappa shape index (κ1) is 18.5. The van der Waals surface area contributed by atoms with Crippen molar-refractivity contribution in [2.24, 2.45) is 5.92 Å². The molecule has 0 aliphatic carbocycles. The Balaban J connectivity index is 1.64. The second-order valence-electron chi connectivity index (χ2n) is 6.88. The van der Waals surface area contributed by atoms with Gasteiger partial charge in [0.1, 0.15) is 0 Å². The molecule has 2 amide bonds. The molecule has 0 aromatic carbocycles. The third-order valence-electron chi connectivity index (χ3n) is 4.78. The van der Waals surface area contributed by atoms with Crippen LogP contribution in [0.1, 0.15) is 32.6 Å². The number of carbonyl (C=O) groups excluding carboxylic acids is 1. The number of hydrogen-bond acceptors (Lipinski definition) is 4. The molecule has 0 aromatic rings. The molecule has 2 rings (SSSR count). The Morgan fingerprint density at radius 1 is 1.17 bits per heavy atom. The van der Waals surface area contributed by atoms with Crippen LogP contribution in [0.15, 0.2) is 0 Å². The molecule has 1 unspecified atom stereocenters. The van der Waals surface area contributed by atoms with E-state index in [4.69, 9.17) is 0 Å². The Labute approximate surface area is 139 Å². The molecule has 7 nitrogen and oxygen atoms in total. The largest absolute Gasteiger partial charge is 0.337 e. The van der Waals surface area contributed by atoms with Crippen molar-refractivity contribution in [3.05, 3.63) is 0 Å². The molecule has 23 heavy (non-hydrogen) atoms. The van der Waals surface area contributed by atoms with E-state index in [1.165, 1.54) is 23.4 Å². The number of urea groups is 1. The van der Waals surface area contributed by atoms with E-state index in [2.05, 4.69) is 22.5 Å². The monoisotopic (exact) mass is 346 g/mol. The predicted octanol–water partition coefficient (Wildman–Crippen LogP) is 0.442. The maximum atomic E-state index is 12.0. The van der Waals surface area contributed by atoms with Crippen molar-refractivity contribution in [3.63, 3.8) is 0 Å². The first-order valence-corrected chi connectivity index (χ1v) is 10.4. The fourth-order valence-corrected chi connectivity index (χ4v) is 4.12. The number of piperidine rings is 2. The van der Waals surface area contributed by atoms with Crippen LogP contribution in [-0.4, -0.2) is 75.2 Å². The molecule has 0 aromatic heterocycles. The van der Waals surface area contributed by atoms with Crippen LogP contribution >= 0.6 is 0 Å². The number of rotatable bonds is 5. The van der Waals surface area contributed by atoms with Gasteiger partial charge < -0.3 is 15.5 Å². The number of carbonyl (C=O) groups is 1. The lowest BCUT2D eigenvalue weighted by Gasteiger charge is -2.32. The lowest BCUT2D eigenvalue weighted by Crippen LogP contribution is -2.52. The maximum absolute atomic E-state index is 12.0. The molecule has 2 fully saturated rings. The Hall–Kier alpha value is -0.860. The van der Waals surface area contributed by atoms with E-state index in [0.717, 1.165) is 38.4 Å². The van der Waals surface area contributed by atoms with Gasteiger partial charge in [-0.3, -0.25) is 0 Å². The summed E-state index contributed by atoms with van der Waals surface area (Å²) in [5, 5.41) is 5.77. The highest BCUT2D eigenvalue weighted by molar-refractivity contribution is 7.88. The van der Waals surface area contributed by atoms with Crippen molar-refractivity contribution in [1.29, 1.82) is 0 Å². The molecule has 134 valence electrons. The van der Waals surface area contributed by atoms with Crippen molar-refractivity contribution < 1.29 is 13.2 Å². The smallest absolute Gasteiger partial charge is 0.315 e. The van der Waals surface area contributed by atoms with E-state index in [0.29, 0.717) is 19.6 Å². The third-order valence-corrected chi connectivity index (χ3v) is 6.05. The Morgan fingerprint density at radius 3 is 2.52 bits per heavy atom. The number of hydrogen-bond donors (Lipinski definition) is 2. The van der Waals surface area contributed by atoms with Gasteiger partial charge in [0.05, 0.1) is 6.26 Å². The van der Waals surface area contributed by atoms with Gasteiger partial charge in [0.15, 0.2) is 0 Å². The van der Waals surface area contributed by atoms with Crippen LogP contribution in [0.5, 0.6) is 0 Å². The summed E-state index contributed by atoms with van der Waals surface area (Å²) in [6.45, 7) is 6.92. The van der Waals surface area contributed by atoms with E-state index in [9.17, 15) is 13.2 Å². The summed E-state index contributed by atoms with van der Waals surface area (Å²) >= 11 is 0. The standard InChI is InChI=1S/C15H30N4O3S/c1-13-5-9-18(10-6-13)11-7-16-15(20)17-14-4-3-8-19(12-14)23(2,21)22/h13-14H,3-12H2,1-2H3,(H2,16,17,20). The molecule has 8 heteroatoms. The van der Waals surface area contributed by atoms with E-state index < -0.39 is 10.0 Å². The quantitative estimate of drug-likeness (QED) is 0.757. The molecule has 2 heterocycles. The van der Waals surface area contributed by atoms with Crippen molar-refractivity contribution in [1.82, 2.24) is 19.8 Å². The van der Waals surface area contributed by atoms with Crippen molar-refractivity contribution in [2.45, 2.75) is 38.6 Å². The zero-order valence-electron chi connectivity index (χ0n) is 14.3. The first-order chi connectivity index (χ1) is 10.8. The van der Waals surface area contributed by atoms with Crippen LogP contribution in [0.3, 0.4) is 0 Å². The number of sulfonamides is 1. The highest BCUT2D eigenvalue weighted by atomic mass is 32.2. The Morgan fingerprint density at radius 2 is 1.87 bits per heavy atom. The normalized spacial score (nSPS) is 25.2. The number of nitrogens with one attached hydrogen (secondary N) is 2. The van der Waals surface area contributed by atoms with Gasteiger partial charge in [0, 0.05) is 32.2 Å². The summed E-state index contributed by atoms with van der Waals surface area (Å²) in [7, 11) is -3.18. The predicted molar refractivity (Wildman–Crippen MR) is 90.8 cm³/mol. The van der Waals surface area contributed by atoms with Crippen LogP contribution in [0.4, 0.5) is 4.79 Å². The van der Waals surface area contributed by atoms with Gasteiger partial charge in [-0.2, -0.15) is 0 Å². The van der Waals surface area contributed by atoms with Gasteiger partial charge in [-0.15, -0.1) is 0 Å². The van der Waals surface area contributed by atoms with Crippen molar-refractivity contribution in [2.75, 3.05) is 45.5 Å². The second-order valence-corrected chi connectivity index (χ2v) is 8.87. The van der Waals surface area contributed by atoms with Crippen LogP contribution in [0.25, 0.3) is 0 Å². The van der Waals surface area contributed by atoms with Gasteiger partial charge in [-0.25, -0.2) is 17.5 Å². The molecule has 0 radical (unpaired) electrons. The Bertz CT molecular complexity index is 489. The second kappa shape index (κ2) is 8.30. The highest BCUT2D eigenvalue weighted by Crippen LogP contribution is 2.15. The summed E-state index contributed by atoms with van der Waals surface area (Å²) in [4.78, 5) is 14.3. The summed E-state index contributed by atoms with van der Waals surface area (Å²) in [6, 6.07) is -0.301. The summed E-state index contributed by atoms with van der Waals surface area (Å²) < 4.78 is 24.6. The molecule has 0 spiro atoms.